The van der Waals surface area contributed by atoms with Gasteiger partial charge in [-0.05, 0) is 59.6 Å². The van der Waals surface area contributed by atoms with Crippen LogP contribution >= 0.6 is 11.8 Å². The van der Waals surface area contributed by atoms with Gasteiger partial charge in [0.1, 0.15) is 5.60 Å². The lowest BCUT2D eigenvalue weighted by molar-refractivity contribution is 0.0491. The maximum atomic E-state index is 11.7. The van der Waals surface area contributed by atoms with Gasteiger partial charge in [0.2, 0.25) is 0 Å². The van der Waals surface area contributed by atoms with E-state index in [2.05, 4.69) is 23.5 Å². The molecule has 0 aliphatic heterocycles. The van der Waals surface area contributed by atoms with Gasteiger partial charge in [0.25, 0.3) is 0 Å². The molecule has 5 heteroatoms. The molecule has 0 aromatic rings. The van der Waals surface area contributed by atoms with E-state index in [1.54, 1.807) is 11.8 Å². The lowest BCUT2D eigenvalue weighted by atomic mass is 9.86. The minimum atomic E-state index is -0.429. The van der Waals surface area contributed by atoms with E-state index < -0.39 is 5.60 Å². The summed E-state index contributed by atoms with van der Waals surface area (Å²) in [5, 5.41) is 4.24. The molecule has 0 radical (unpaired) electrons. The zero-order valence-electron chi connectivity index (χ0n) is 13.4. The first-order valence-electron chi connectivity index (χ1n) is 7.43. The van der Waals surface area contributed by atoms with Crippen LogP contribution in [0.5, 0.6) is 0 Å². The summed E-state index contributed by atoms with van der Waals surface area (Å²) >= 11 is 1.76. The topological polar surface area (TPSA) is 50.7 Å². The van der Waals surface area contributed by atoms with E-state index in [1.807, 2.05) is 20.8 Å². The number of hydrogen-bond acceptors (Lipinski definition) is 4. The van der Waals surface area contributed by atoms with E-state index in [1.165, 1.54) is 5.04 Å². The Morgan fingerprint density at radius 2 is 1.90 bits per heavy atom. The lowest BCUT2D eigenvalue weighted by Gasteiger charge is -2.30. The van der Waals surface area contributed by atoms with E-state index in [4.69, 9.17) is 4.74 Å². The second-order valence-electron chi connectivity index (χ2n) is 6.21. The van der Waals surface area contributed by atoms with Crippen LogP contribution in [0.2, 0.25) is 0 Å². The van der Waals surface area contributed by atoms with Gasteiger partial charge >= 0.3 is 6.09 Å². The van der Waals surface area contributed by atoms with Gasteiger partial charge in [-0.15, -0.1) is 11.8 Å². The number of amides is 1. The highest BCUT2D eigenvalue weighted by atomic mass is 32.2. The SMILES string of the molecule is CCN=C(SC)C1CCC(NC(=O)OC(C)(C)C)CC1. The molecule has 0 saturated heterocycles. The molecule has 116 valence electrons. The van der Waals surface area contributed by atoms with E-state index in [9.17, 15) is 4.79 Å². The van der Waals surface area contributed by atoms with E-state index >= 15 is 0 Å². The number of thioether (sulfide) groups is 1. The summed E-state index contributed by atoms with van der Waals surface area (Å²) in [6.45, 7) is 8.58. The van der Waals surface area contributed by atoms with Crippen LogP contribution in [0.1, 0.15) is 53.4 Å². The third-order valence-corrected chi connectivity index (χ3v) is 4.20. The minimum Gasteiger partial charge on any atom is -0.444 e. The highest BCUT2D eigenvalue weighted by molar-refractivity contribution is 8.13. The molecule has 0 aromatic heterocycles. The average molecular weight is 300 g/mol. The molecule has 0 bridgehead atoms. The predicted molar refractivity (Wildman–Crippen MR) is 86.6 cm³/mol. The van der Waals surface area contributed by atoms with Crippen molar-refractivity contribution in [3.63, 3.8) is 0 Å². The van der Waals surface area contributed by atoms with Crippen molar-refractivity contribution < 1.29 is 9.53 Å². The molecule has 0 aromatic carbocycles. The van der Waals surface area contributed by atoms with Gasteiger partial charge in [0.05, 0.1) is 5.04 Å². The molecule has 0 unspecified atom stereocenters. The maximum absolute atomic E-state index is 11.7. The van der Waals surface area contributed by atoms with Crippen LogP contribution in [0.15, 0.2) is 4.99 Å². The fourth-order valence-corrected chi connectivity index (χ4v) is 3.30. The Bertz CT molecular complexity index is 342. The third-order valence-electron chi connectivity index (χ3n) is 3.32. The first-order chi connectivity index (χ1) is 9.35. The molecule has 1 amide bonds. The Hall–Kier alpha value is -0.710. The monoisotopic (exact) mass is 300 g/mol. The number of nitrogens with one attached hydrogen (secondary N) is 1. The van der Waals surface area contributed by atoms with Gasteiger partial charge in [0.15, 0.2) is 0 Å². The molecule has 1 fully saturated rings. The zero-order valence-corrected chi connectivity index (χ0v) is 14.2. The average Bonchev–Trinajstić information content (AvgIpc) is 2.34. The predicted octanol–water partition coefficient (Wildman–Crippen LogP) is 3.85. The molecular weight excluding hydrogens is 272 g/mol. The van der Waals surface area contributed by atoms with Gasteiger partial charge in [-0.3, -0.25) is 4.99 Å². The summed E-state index contributed by atoms with van der Waals surface area (Å²) in [7, 11) is 0. The Labute approximate surface area is 127 Å². The normalized spacial score (nSPS) is 24.4. The van der Waals surface area contributed by atoms with Crippen LogP contribution in [0.4, 0.5) is 4.79 Å². The molecule has 1 saturated carbocycles. The van der Waals surface area contributed by atoms with Crippen LogP contribution in [0, 0.1) is 5.92 Å². The standard InChI is InChI=1S/C15H28N2O2S/c1-6-16-13(20-5)11-7-9-12(10-8-11)17-14(18)19-15(2,3)4/h11-12H,6-10H2,1-5H3,(H,17,18). The van der Waals surface area contributed by atoms with Crippen molar-refractivity contribution in [2.24, 2.45) is 10.9 Å². The highest BCUT2D eigenvalue weighted by Crippen LogP contribution is 2.29. The number of aliphatic imine (C=N–C) groups is 1. The second kappa shape index (κ2) is 7.91. The van der Waals surface area contributed by atoms with Crippen molar-refractivity contribution in [3.05, 3.63) is 0 Å². The van der Waals surface area contributed by atoms with Crippen molar-refractivity contribution >= 4 is 22.9 Å². The van der Waals surface area contributed by atoms with E-state index in [0.717, 1.165) is 32.2 Å². The van der Waals surface area contributed by atoms with Crippen LogP contribution in [-0.4, -0.2) is 35.6 Å². The number of ether oxygens (including phenoxy) is 1. The summed E-state index contributed by atoms with van der Waals surface area (Å²) < 4.78 is 5.30. The van der Waals surface area contributed by atoms with Crippen LogP contribution in [0.3, 0.4) is 0 Å². The van der Waals surface area contributed by atoms with Crippen LogP contribution < -0.4 is 5.32 Å². The molecule has 0 heterocycles. The number of alkyl carbamates (subject to hydrolysis) is 1. The van der Waals surface area contributed by atoms with Gasteiger partial charge in [-0.1, -0.05) is 0 Å². The van der Waals surface area contributed by atoms with Crippen LogP contribution in [0.25, 0.3) is 0 Å². The zero-order chi connectivity index (χ0) is 15.2. The minimum absolute atomic E-state index is 0.242. The Kier molecular flexibility index (Phi) is 6.86. The molecule has 4 nitrogen and oxygen atoms in total. The Balaban J connectivity index is 2.39. The van der Waals surface area contributed by atoms with Crippen LogP contribution in [-0.2, 0) is 4.74 Å². The van der Waals surface area contributed by atoms with Gasteiger partial charge in [0, 0.05) is 18.5 Å². The fourth-order valence-electron chi connectivity index (χ4n) is 2.48. The quantitative estimate of drug-likeness (QED) is 0.636. The number of nitrogens with zero attached hydrogens (tertiary/aromatic N) is 1. The number of hydrogen-bond donors (Lipinski definition) is 1. The molecule has 1 rings (SSSR count). The molecule has 0 atom stereocenters. The number of carbonyl (C=O) groups excluding carboxylic acids is 1. The molecule has 1 aliphatic carbocycles. The fraction of sp³-hybridized carbons (Fsp3) is 0.867. The van der Waals surface area contributed by atoms with Crippen molar-refractivity contribution in [2.75, 3.05) is 12.8 Å². The second-order valence-corrected chi connectivity index (χ2v) is 7.04. The van der Waals surface area contributed by atoms with Gasteiger partial charge < -0.3 is 10.1 Å². The first-order valence-corrected chi connectivity index (χ1v) is 8.66. The summed E-state index contributed by atoms with van der Waals surface area (Å²) in [5.41, 5.74) is -0.429. The van der Waals surface area contributed by atoms with E-state index in [0.29, 0.717) is 5.92 Å². The van der Waals surface area contributed by atoms with Gasteiger partial charge in [-0.25, -0.2) is 4.79 Å². The van der Waals surface area contributed by atoms with Crippen molar-refractivity contribution in [3.8, 4) is 0 Å². The van der Waals surface area contributed by atoms with Crippen molar-refractivity contribution in [1.29, 1.82) is 0 Å². The maximum Gasteiger partial charge on any atom is 0.407 e. The smallest absolute Gasteiger partial charge is 0.407 e. The number of carbonyl (C=O) groups is 1. The molecule has 1 aliphatic rings. The van der Waals surface area contributed by atoms with Crippen molar-refractivity contribution in [2.45, 2.75) is 65.0 Å². The third kappa shape index (κ3) is 6.16. The summed E-state index contributed by atoms with van der Waals surface area (Å²) in [4.78, 5) is 16.3. The number of rotatable bonds is 3. The summed E-state index contributed by atoms with van der Waals surface area (Å²) in [6, 6.07) is 0.242. The summed E-state index contributed by atoms with van der Waals surface area (Å²) in [6.07, 6.45) is 6.01. The molecular formula is C15H28N2O2S. The molecule has 1 N–H and O–H groups in total. The highest BCUT2D eigenvalue weighted by Gasteiger charge is 2.26. The lowest BCUT2D eigenvalue weighted by Crippen LogP contribution is -2.41. The molecule has 20 heavy (non-hydrogen) atoms. The first kappa shape index (κ1) is 17.3. The van der Waals surface area contributed by atoms with E-state index in [-0.39, 0.29) is 12.1 Å². The molecule has 0 spiro atoms. The Morgan fingerprint density at radius 1 is 1.30 bits per heavy atom. The summed E-state index contributed by atoms with van der Waals surface area (Å²) in [5.74, 6) is 0.571. The Morgan fingerprint density at radius 3 is 2.35 bits per heavy atom. The largest absolute Gasteiger partial charge is 0.444 e. The van der Waals surface area contributed by atoms with Crippen molar-refractivity contribution in [1.82, 2.24) is 5.32 Å². The van der Waals surface area contributed by atoms with Gasteiger partial charge in [-0.2, -0.15) is 0 Å².